The Bertz CT molecular complexity index is 500. The minimum Gasteiger partial charge on any atom is -0.469 e. The van der Waals surface area contributed by atoms with Crippen LogP contribution < -0.4 is 5.32 Å². The first-order valence-corrected chi connectivity index (χ1v) is 7.58. The van der Waals surface area contributed by atoms with E-state index in [1.165, 1.54) is 0 Å². The van der Waals surface area contributed by atoms with Crippen LogP contribution in [0.25, 0.3) is 0 Å². The van der Waals surface area contributed by atoms with Crippen LogP contribution in [0.2, 0.25) is 0 Å². The second-order valence-corrected chi connectivity index (χ2v) is 6.73. The Morgan fingerprint density at radius 2 is 2.24 bits per heavy atom. The van der Waals surface area contributed by atoms with Crippen molar-refractivity contribution in [2.45, 2.75) is 39.7 Å². The monoisotopic (exact) mass is 289 g/mol. The van der Waals surface area contributed by atoms with Crippen molar-refractivity contribution in [3.05, 3.63) is 36.8 Å². The van der Waals surface area contributed by atoms with E-state index in [9.17, 15) is 0 Å². The van der Waals surface area contributed by atoms with E-state index in [0.717, 1.165) is 37.8 Å². The molecule has 21 heavy (non-hydrogen) atoms. The zero-order chi connectivity index (χ0) is 15.5. The first-order valence-electron chi connectivity index (χ1n) is 7.58. The molecule has 1 aliphatic rings. The minimum atomic E-state index is 0.102. The molecule has 116 valence electrons. The Kier molecular flexibility index (Phi) is 4.45. The van der Waals surface area contributed by atoms with E-state index in [-0.39, 0.29) is 5.54 Å². The predicted octanol–water partition coefficient (Wildman–Crippen LogP) is 3.07. The summed E-state index contributed by atoms with van der Waals surface area (Å²) >= 11 is 0. The Morgan fingerprint density at radius 1 is 1.48 bits per heavy atom. The molecule has 2 heterocycles. The molecule has 2 rings (SSSR count). The molecule has 0 bridgehead atoms. The average molecular weight is 289 g/mol. The van der Waals surface area contributed by atoms with Crippen LogP contribution in [0.15, 0.2) is 40.5 Å². The van der Waals surface area contributed by atoms with Crippen LogP contribution in [0, 0.1) is 5.41 Å². The van der Waals surface area contributed by atoms with Gasteiger partial charge in [-0.25, -0.2) is 0 Å². The maximum absolute atomic E-state index is 5.35. The summed E-state index contributed by atoms with van der Waals surface area (Å²) in [6, 6.07) is 3.90. The molecule has 0 spiro atoms. The molecule has 1 N–H and O–H groups in total. The topological polar surface area (TPSA) is 40.8 Å². The third-order valence-corrected chi connectivity index (χ3v) is 4.74. The number of guanidine groups is 1. The summed E-state index contributed by atoms with van der Waals surface area (Å²) < 4.78 is 5.35. The molecule has 0 unspecified atom stereocenters. The van der Waals surface area contributed by atoms with E-state index in [4.69, 9.17) is 9.41 Å². The van der Waals surface area contributed by atoms with Gasteiger partial charge in [-0.15, -0.1) is 6.58 Å². The molecule has 0 atom stereocenters. The third-order valence-electron chi connectivity index (χ3n) is 4.74. The maximum atomic E-state index is 5.35. The van der Waals surface area contributed by atoms with Crippen LogP contribution in [-0.2, 0) is 6.42 Å². The predicted molar refractivity (Wildman–Crippen MR) is 87.5 cm³/mol. The molecular weight excluding hydrogens is 262 g/mol. The van der Waals surface area contributed by atoms with Crippen molar-refractivity contribution < 1.29 is 4.42 Å². The van der Waals surface area contributed by atoms with Gasteiger partial charge in [-0.2, -0.15) is 0 Å². The fraction of sp³-hybridized carbons (Fsp3) is 0.588. The third kappa shape index (κ3) is 3.14. The highest BCUT2D eigenvalue weighted by Crippen LogP contribution is 2.46. The van der Waals surface area contributed by atoms with E-state index in [0.29, 0.717) is 5.41 Å². The van der Waals surface area contributed by atoms with Crippen molar-refractivity contribution in [3.63, 3.8) is 0 Å². The second kappa shape index (κ2) is 5.96. The van der Waals surface area contributed by atoms with Crippen LogP contribution in [0.1, 0.15) is 33.5 Å². The number of hydrogen-bond acceptors (Lipinski definition) is 2. The van der Waals surface area contributed by atoms with Crippen molar-refractivity contribution >= 4 is 5.96 Å². The van der Waals surface area contributed by atoms with Gasteiger partial charge in [0.25, 0.3) is 0 Å². The van der Waals surface area contributed by atoms with Gasteiger partial charge in [0.1, 0.15) is 5.76 Å². The van der Waals surface area contributed by atoms with E-state index < -0.39 is 0 Å². The van der Waals surface area contributed by atoms with Crippen LogP contribution >= 0.6 is 0 Å². The van der Waals surface area contributed by atoms with Crippen molar-refractivity contribution in [2.75, 3.05) is 19.6 Å². The fourth-order valence-electron chi connectivity index (χ4n) is 2.53. The van der Waals surface area contributed by atoms with Gasteiger partial charge in [0.15, 0.2) is 5.96 Å². The molecule has 0 radical (unpaired) electrons. The zero-order valence-corrected chi connectivity index (χ0v) is 13.6. The highest BCUT2D eigenvalue weighted by atomic mass is 16.3. The summed E-state index contributed by atoms with van der Waals surface area (Å²) in [5.74, 6) is 1.94. The fourth-order valence-corrected chi connectivity index (χ4v) is 2.53. The SMILES string of the molecule is C=CCNC(=NCCc1ccco1)N1CC(C)(C)C1(C)C. The van der Waals surface area contributed by atoms with Gasteiger partial charge >= 0.3 is 0 Å². The lowest BCUT2D eigenvalue weighted by Crippen LogP contribution is -2.72. The number of nitrogens with one attached hydrogen (secondary N) is 1. The van der Waals surface area contributed by atoms with Crippen molar-refractivity contribution in [1.29, 1.82) is 0 Å². The van der Waals surface area contributed by atoms with Crippen molar-refractivity contribution in [3.8, 4) is 0 Å². The van der Waals surface area contributed by atoms with Gasteiger partial charge in [0.05, 0.1) is 6.26 Å². The van der Waals surface area contributed by atoms with E-state index in [1.54, 1.807) is 6.26 Å². The molecule has 0 aliphatic carbocycles. The van der Waals surface area contributed by atoms with E-state index in [2.05, 4.69) is 44.5 Å². The first-order chi connectivity index (χ1) is 9.88. The van der Waals surface area contributed by atoms with Gasteiger partial charge in [0, 0.05) is 37.0 Å². The van der Waals surface area contributed by atoms with Gasteiger partial charge in [-0.1, -0.05) is 19.9 Å². The van der Waals surface area contributed by atoms with Crippen LogP contribution in [0.4, 0.5) is 0 Å². The average Bonchev–Trinajstić information content (AvgIpc) is 2.93. The summed E-state index contributed by atoms with van der Waals surface area (Å²) in [4.78, 5) is 7.09. The van der Waals surface area contributed by atoms with Gasteiger partial charge in [0.2, 0.25) is 0 Å². The zero-order valence-electron chi connectivity index (χ0n) is 13.6. The number of rotatable bonds is 5. The molecule has 0 amide bonds. The highest BCUT2D eigenvalue weighted by Gasteiger charge is 2.53. The van der Waals surface area contributed by atoms with Gasteiger partial charge in [-0.05, 0) is 26.0 Å². The number of likely N-dealkylation sites (tertiary alicyclic amines) is 1. The number of aliphatic imine (C=N–C) groups is 1. The molecule has 0 aromatic carbocycles. The number of hydrogen-bond donors (Lipinski definition) is 1. The lowest BCUT2D eigenvalue weighted by molar-refractivity contribution is -0.0666. The van der Waals surface area contributed by atoms with Crippen molar-refractivity contribution in [1.82, 2.24) is 10.2 Å². The van der Waals surface area contributed by atoms with Crippen LogP contribution in [0.3, 0.4) is 0 Å². The Morgan fingerprint density at radius 3 is 2.76 bits per heavy atom. The molecular formula is C17H27N3O. The second-order valence-electron chi connectivity index (χ2n) is 6.73. The summed E-state index contributed by atoms with van der Waals surface area (Å²) in [5.41, 5.74) is 0.398. The normalized spacial score (nSPS) is 20.0. The molecule has 1 fully saturated rings. The van der Waals surface area contributed by atoms with Gasteiger partial charge in [-0.3, -0.25) is 4.99 Å². The summed E-state index contributed by atoms with van der Waals surface area (Å²) in [5, 5.41) is 3.37. The van der Waals surface area contributed by atoms with E-state index >= 15 is 0 Å². The maximum Gasteiger partial charge on any atom is 0.194 e. The highest BCUT2D eigenvalue weighted by molar-refractivity contribution is 5.82. The van der Waals surface area contributed by atoms with Crippen LogP contribution in [-0.4, -0.2) is 36.0 Å². The summed E-state index contributed by atoms with van der Waals surface area (Å²) in [6.45, 7) is 15.4. The standard InChI is InChI=1S/C17H27N3O/c1-6-10-18-15(19-11-9-14-8-7-12-21-14)20-13-16(2,3)17(20,4)5/h6-8,12H,1,9-11,13H2,2-5H3,(H,18,19). The molecule has 1 aliphatic heterocycles. The summed E-state index contributed by atoms with van der Waals surface area (Å²) in [6.07, 6.45) is 4.39. The van der Waals surface area contributed by atoms with Crippen LogP contribution in [0.5, 0.6) is 0 Å². The molecule has 0 saturated carbocycles. The molecule has 1 aromatic heterocycles. The lowest BCUT2D eigenvalue weighted by Gasteiger charge is -2.62. The molecule has 1 saturated heterocycles. The van der Waals surface area contributed by atoms with E-state index in [1.807, 2.05) is 18.2 Å². The Labute approximate surface area is 127 Å². The Balaban J connectivity index is 2.02. The molecule has 1 aromatic rings. The first kappa shape index (κ1) is 15.7. The minimum absolute atomic E-state index is 0.102. The smallest absolute Gasteiger partial charge is 0.194 e. The Hall–Kier alpha value is -1.71. The largest absolute Gasteiger partial charge is 0.469 e. The van der Waals surface area contributed by atoms with Gasteiger partial charge < -0.3 is 14.6 Å². The van der Waals surface area contributed by atoms with Crippen molar-refractivity contribution in [2.24, 2.45) is 10.4 Å². The molecule has 4 heteroatoms. The number of furan rings is 1. The lowest BCUT2D eigenvalue weighted by atomic mass is 9.65. The number of nitrogens with zero attached hydrogens (tertiary/aromatic N) is 2. The quantitative estimate of drug-likeness (QED) is 0.514. The molecule has 4 nitrogen and oxygen atoms in total. The summed E-state index contributed by atoms with van der Waals surface area (Å²) in [7, 11) is 0.